The van der Waals surface area contributed by atoms with Crippen LogP contribution in [0.1, 0.15) is 119 Å². The van der Waals surface area contributed by atoms with Crippen LogP contribution < -0.4 is 28.4 Å². The van der Waals surface area contributed by atoms with E-state index in [-0.39, 0.29) is 23.6 Å². The van der Waals surface area contributed by atoms with Gasteiger partial charge in [-0.25, -0.2) is 14.6 Å². The number of benzene rings is 4. The summed E-state index contributed by atoms with van der Waals surface area (Å²) in [5.41, 5.74) is 3.84. The summed E-state index contributed by atoms with van der Waals surface area (Å²) in [6.45, 7) is 12.6. The fraction of sp³-hybridized carbons (Fsp3) is 0.431. The van der Waals surface area contributed by atoms with Crippen molar-refractivity contribution in [2.75, 3.05) is 32.7 Å². The van der Waals surface area contributed by atoms with Crippen molar-refractivity contribution in [3.8, 4) is 45.3 Å². The Kier molecular flexibility index (Phi) is 22.8. The summed E-state index contributed by atoms with van der Waals surface area (Å²) < 4.78 is 52.9. The third-order valence-corrected chi connectivity index (χ3v) is 16.6. The Balaban J connectivity index is 0.861. The maximum Gasteiger partial charge on any atom is 0.330 e. The van der Waals surface area contributed by atoms with Gasteiger partial charge in [0.05, 0.1) is 50.1 Å². The van der Waals surface area contributed by atoms with Crippen molar-refractivity contribution in [2.45, 2.75) is 122 Å². The smallest absolute Gasteiger partial charge is 0.330 e. The zero-order valence-corrected chi connectivity index (χ0v) is 49.2. The van der Waals surface area contributed by atoms with E-state index in [0.29, 0.717) is 144 Å². The first-order chi connectivity index (χ1) is 40.3. The molecule has 2 aromatic heterocycles. The molecule has 16 nitrogen and oxygen atoms in total. The molecule has 0 spiro atoms. The van der Waals surface area contributed by atoms with Crippen molar-refractivity contribution < 1.29 is 71.1 Å². The van der Waals surface area contributed by atoms with E-state index >= 15 is 0 Å². The van der Waals surface area contributed by atoms with Crippen LogP contribution >= 0.6 is 23.1 Å². The number of aromatic nitrogens is 1. The molecule has 440 valence electrons. The molecule has 0 N–H and O–H groups in total. The summed E-state index contributed by atoms with van der Waals surface area (Å²) in [6.07, 6.45) is 14.7. The molecule has 2 saturated carbocycles. The summed E-state index contributed by atoms with van der Waals surface area (Å²) >= 11 is 2.83. The van der Waals surface area contributed by atoms with Crippen LogP contribution in [0.25, 0.3) is 32.0 Å². The van der Waals surface area contributed by atoms with Gasteiger partial charge in [0.1, 0.15) is 38.8 Å². The average molecular weight is 1170 g/mol. The quantitative estimate of drug-likeness (QED) is 0.0185. The van der Waals surface area contributed by atoms with Gasteiger partial charge in [0, 0.05) is 28.9 Å². The van der Waals surface area contributed by atoms with Gasteiger partial charge in [0.15, 0.2) is 22.3 Å². The van der Waals surface area contributed by atoms with E-state index in [4.69, 9.17) is 47.3 Å². The monoisotopic (exact) mass is 1170 g/mol. The molecule has 0 atom stereocenters. The van der Waals surface area contributed by atoms with Gasteiger partial charge in [-0.1, -0.05) is 19.2 Å². The normalized spacial score (nSPS) is 16.8. The van der Waals surface area contributed by atoms with E-state index < -0.39 is 41.6 Å². The SMILES string of the molecule is C=CC(=O)OCCCCCCOc1ccc(OC(=O)C2CCC(C(=O)Oc3cc(CSC)c(OC(=O)C4CCC(C(=O)Oc5ccc(OCCCCCCOC(=O)C=C)cc5)CC4)c4sc(-c5cc6c(C)cc(C)cc6o5)nc34)CC2)cc1. The van der Waals surface area contributed by atoms with Crippen molar-refractivity contribution in [1.82, 2.24) is 4.98 Å². The first-order valence-corrected chi connectivity index (χ1v) is 30.9. The third kappa shape index (κ3) is 17.5. The highest BCUT2D eigenvalue weighted by molar-refractivity contribution is 7.97. The minimum atomic E-state index is -0.476. The van der Waals surface area contributed by atoms with Crippen LogP contribution in [0.3, 0.4) is 0 Å². The Hall–Kier alpha value is -7.44. The minimum absolute atomic E-state index is 0.243. The summed E-state index contributed by atoms with van der Waals surface area (Å²) in [5, 5.41) is 1.47. The number of hydrogen-bond donors (Lipinski definition) is 0. The van der Waals surface area contributed by atoms with Gasteiger partial charge < -0.3 is 42.3 Å². The highest BCUT2D eigenvalue weighted by atomic mass is 32.2. The number of nitrogens with zero attached hydrogens (tertiary/aromatic N) is 1. The number of rotatable bonds is 29. The van der Waals surface area contributed by atoms with Gasteiger partial charge in [0.25, 0.3) is 0 Å². The molecular weight excluding hydrogens is 1100 g/mol. The molecule has 0 unspecified atom stereocenters. The molecule has 2 aliphatic carbocycles. The lowest BCUT2D eigenvalue weighted by molar-refractivity contribution is -0.145. The zero-order chi connectivity index (χ0) is 58.7. The first kappa shape index (κ1) is 61.6. The molecule has 2 heterocycles. The molecule has 0 saturated heterocycles. The zero-order valence-electron chi connectivity index (χ0n) is 47.5. The van der Waals surface area contributed by atoms with Crippen LogP contribution in [0.2, 0.25) is 0 Å². The molecule has 0 bridgehead atoms. The Morgan fingerprint density at radius 1 is 0.578 bits per heavy atom. The third-order valence-electron chi connectivity index (χ3n) is 14.9. The number of fused-ring (bicyclic) bond motifs is 2. The highest BCUT2D eigenvalue weighted by Gasteiger charge is 2.36. The number of carbonyl (C=O) groups is 6. The number of unbranched alkanes of at least 4 members (excludes halogenated alkanes) is 6. The fourth-order valence-electron chi connectivity index (χ4n) is 10.3. The topological polar surface area (TPSA) is 202 Å². The number of carbonyl (C=O) groups excluding carboxylic acids is 6. The van der Waals surface area contributed by atoms with Crippen LogP contribution in [-0.4, -0.2) is 73.5 Å². The maximum atomic E-state index is 14.2. The standard InChI is InChI=1S/C65H73NO15S2/c1-6-56(67)75-34-14-10-8-12-32-73-48-24-28-50(29-25-48)77-62(69)43-16-20-45(21-17-43)64(71)80-54-38-47(40-82-5)59(60-58(54)66-61(83-60)55-39-52-42(4)36-41(3)37-53(52)79-55)81-65(72)46-22-18-44(19-23-46)63(70)78-51-30-26-49(27-31-51)74-33-13-9-11-15-35-76-57(68)7-2/h6-7,24-31,36-39,43-46H,1-2,8-23,32-35,40H2,3-5H3. The molecule has 6 aromatic rings. The molecule has 8 rings (SSSR count). The summed E-state index contributed by atoms with van der Waals surface area (Å²) in [7, 11) is 0. The number of aryl methyl sites for hydroxylation is 2. The highest BCUT2D eigenvalue weighted by Crippen LogP contribution is 2.46. The van der Waals surface area contributed by atoms with E-state index in [2.05, 4.69) is 19.2 Å². The number of thioether (sulfide) groups is 1. The average Bonchev–Trinajstić information content (AvgIpc) is 4.37. The molecule has 18 heteroatoms. The van der Waals surface area contributed by atoms with Crippen molar-refractivity contribution in [1.29, 1.82) is 0 Å². The summed E-state index contributed by atoms with van der Waals surface area (Å²) in [6, 6.07) is 21.7. The number of esters is 6. The van der Waals surface area contributed by atoms with E-state index in [9.17, 15) is 28.8 Å². The van der Waals surface area contributed by atoms with Gasteiger partial charge in [-0.05, 0) is 201 Å². The molecule has 83 heavy (non-hydrogen) atoms. The van der Waals surface area contributed by atoms with E-state index in [1.807, 2.05) is 32.2 Å². The van der Waals surface area contributed by atoms with E-state index in [1.165, 1.54) is 23.1 Å². The second-order valence-electron chi connectivity index (χ2n) is 21.1. The molecule has 0 aliphatic heterocycles. The van der Waals surface area contributed by atoms with Crippen LogP contribution in [0.4, 0.5) is 0 Å². The van der Waals surface area contributed by atoms with Gasteiger partial charge >= 0.3 is 35.8 Å². The Morgan fingerprint density at radius 3 is 1.49 bits per heavy atom. The Labute approximate surface area is 492 Å². The fourth-order valence-corrected chi connectivity index (χ4v) is 11.9. The minimum Gasteiger partial charge on any atom is -0.494 e. The van der Waals surface area contributed by atoms with E-state index in [0.717, 1.165) is 80.0 Å². The molecular formula is C65H73NO15S2. The van der Waals surface area contributed by atoms with Crippen molar-refractivity contribution in [3.63, 3.8) is 0 Å². The van der Waals surface area contributed by atoms with Crippen molar-refractivity contribution >= 4 is 80.1 Å². The number of ether oxygens (including phenoxy) is 8. The molecule has 0 amide bonds. The van der Waals surface area contributed by atoms with Gasteiger partial charge in [0.2, 0.25) is 0 Å². The predicted molar refractivity (Wildman–Crippen MR) is 318 cm³/mol. The van der Waals surface area contributed by atoms with Crippen molar-refractivity contribution in [3.05, 3.63) is 115 Å². The van der Waals surface area contributed by atoms with Crippen LogP contribution in [0.5, 0.6) is 34.5 Å². The predicted octanol–water partition coefficient (Wildman–Crippen LogP) is 14.2. The molecule has 0 radical (unpaired) electrons. The molecule has 2 aliphatic rings. The maximum absolute atomic E-state index is 14.2. The second kappa shape index (κ2) is 30.7. The first-order valence-electron chi connectivity index (χ1n) is 28.7. The van der Waals surface area contributed by atoms with Crippen LogP contribution in [-0.2, 0) is 44.0 Å². The number of thiazole rings is 1. The lowest BCUT2D eigenvalue weighted by atomic mass is 9.82. The summed E-state index contributed by atoms with van der Waals surface area (Å²) in [5.74, 6) is -0.410. The van der Waals surface area contributed by atoms with Crippen molar-refractivity contribution in [2.24, 2.45) is 23.7 Å². The lowest BCUT2D eigenvalue weighted by Gasteiger charge is -2.26. The Bertz CT molecular complexity index is 3220. The van der Waals surface area contributed by atoms with E-state index in [1.54, 1.807) is 54.6 Å². The second-order valence-corrected chi connectivity index (χ2v) is 23.0. The largest absolute Gasteiger partial charge is 0.494 e. The van der Waals surface area contributed by atoms with Gasteiger partial charge in [-0.3, -0.25) is 19.2 Å². The molecule has 2 fully saturated rings. The van der Waals surface area contributed by atoms with Crippen LogP contribution in [0, 0.1) is 37.5 Å². The summed E-state index contributed by atoms with van der Waals surface area (Å²) in [4.78, 5) is 82.4. The molecule has 4 aromatic carbocycles. The van der Waals surface area contributed by atoms with Crippen LogP contribution in [0.15, 0.2) is 103 Å². The number of hydrogen-bond acceptors (Lipinski definition) is 18. The number of furan rings is 1. The Morgan fingerprint density at radius 2 is 1.02 bits per heavy atom. The lowest BCUT2D eigenvalue weighted by Crippen LogP contribution is -2.30. The van der Waals surface area contributed by atoms with Gasteiger partial charge in [-0.15, -0.1) is 11.3 Å². The van der Waals surface area contributed by atoms with Gasteiger partial charge in [-0.2, -0.15) is 11.8 Å².